The first kappa shape index (κ1) is 21.5. The van der Waals surface area contributed by atoms with Crippen molar-refractivity contribution in [1.29, 1.82) is 0 Å². The molecule has 2 heterocycles. The Morgan fingerprint density at radius 3 is 2.52 bits per heavy atom. The average molecular weight is 439 g/mol. The van der Waals surface area contributed by atoms with Crippen LogP contribution in [0.1, 0.15) is 25.7 Å². The summed E-state index contributed by atoms with van der Waals surface area (Å²) in [5, 5.41) is 15.5. The zero-order valence-corrected chi connectivity index (χ0v) is 18.1. The second-order valence-electron chi connectivity index (χ2n) is 8.07. The Balaban J connectivity index is 1.49. The highest BCUT2D eigenvalue weighted by molar-refractivity contribution is 7.13. The normalized spacial score (nSPS) is 18.7. The van der Waals surface area contributed by atoms with Crippen LogP contribution in [-0.2, 0) is 16.1 Å². The molecule has 0 amide bonds. The van der Waals surface area contributed by atoms with Gasteiger partial charge in [-0.1, -0.05) is 36.4 Å². The molecule has 1 aliphatic rings. The van der Waals surface area contributed by atoms with Crippen LogP contribution in [0.25, 0.3) is 21.7 Å². The Labute approximate surface area is 185 Å². The van der Waals surface area contributed by atoms with E-state index in [-0.39, 0.29) is 12.2 Å². The van der Waals surface area contributed by atoms with Crippen LogP contribution in [0, 0.1) is 11.8 Å². The average Bonchev–Trinajstić information content (AvgIpc) is 3.31. The molecule has 0 bridgehead atoms. The van der Waals surface area contributed by atoms with Gasteiger partial charge in [-0.25, -0.2) is 9.48 Å². The number of aliphatic carboxylic acids is 1. The van der Waals surface area contributed by atoms with Crippen molar-refractivity contribution in [3.63, 3.8) is 0 Å². The minimum Gasteiger partial charge on any atom is -0.480 e. The molecule has 1 aromatic carbocycles. The fraction of sp³-hybridized carbons (Fsp3) is 0.375. The molecule has 7 heteroatoms. The monoisotopic (exact) mass is 438 g/mol. The van der Waals surface area contributed by atoms with Gasteiger partial charge in [-0.05, 0) is 54.5 Å². The van der Waals surface area contributed by atoms with Gasteiger partial charge in [0.05, 0.1) is 11.5 Å². The predicted molar refractivity (Wildman–Crippen MR) is 121 cm³/mol. The summed E-state index contributed by atoms with van der Waals surface area (Å²) >= 11 is 1.62. The van der Waals surface area contributed by atoms with Crippen molar-refractivity contribution < 1.29 is 14.6 Å². The largest absolute Gasteiger partial charge is 0.480 e. The number of nitrogens with zero attached hydrogens (tertiary/aromatic N) is 2. The summed E-state index contributed by atoms with van der Waals surface area (Å²) in [5.74, 6) is -0.151. The summed E-state index contributed by atoms with van der Waals surface area (Å²) in [7, 11) is 0. The van der Waals surface area contributed by atoms with Crippen molar-refractivity contribution in [2.75, 3.05) is 13.2 Å². The maximum absolute atomic E-state index is 12.9. The molecule has 0 atom stereocenters. The molecule has 4 rings (SSSR count). The van der Waals surface area contributed by atoms with Gasteiger partial charge in [0.2, 0.25) is 0 Å². The van der Waals surface area contributed by atoms with Crippen LogP contribution >= 0.6 is 11.3 Å². The Bertz CT molecular complexity index is 1050. The summed E-state index contributed by atoms with van der Waals surface area (Å²) in [5.41, 5.74) is 2.62. The van der Waals surface area contributed by atoms with Gasteiger partial charge >= 0.3 is 5.97 Å². The van der Waals surface area contributed by atoms with E-state index >= 15 is 0 Å². The Morgan fingerprint density at radius 1 is 1.10 bits per heavy atom. The number of carbonyl (C=O) groups is 1. The molecule has 162 valence electrons. The number of rotatable bonds is 8. The Kier molecular flexibility index (Phi) is 6.94. The minimum atomic E-state index is -0.931. The van der Waals surface area contributed by atoms with Crippen LogP contribution in [0.3, 0.4) is 0 Å². The van der Waals surface area contributed by atoms with Crippen molar-refractivity contribution in [3.8, 4) is 21.7 Å². The first-order valence-corrected chi connectivity index (χ1v) is 11.5. The van der Waals surface area contributed by atoms with Crippen LogP contribution in [-0.4, -0.2) is 34.1 Å². The number of aromatic nitrogens is 2. The number of hydrogen-bond acceptors (Lipinski definition) is 5. The summed E-state index contributed by atoms with van der Waals surface area (Å²) < 4.78 is 6.87. The summed E-state index contributed by atoms with van der Waals surface area (Å²) in [6.45, 7) is 0.860. The van der Waals surface area contributed by atoms with Gasteiger partial charge in [-0.15, -0.1) is 11.3 Å². The molecular weight excluding hydrogens is 412 g/mol. The van der Waals surface area contributed by atoms with Gasteiger partial charge in [0.1, 0.15) is 12.3 Å². The van der Waals surface area contributed by atoms with Crippen molar-refractivity contribution in [3.05, 3.63) is 64.3 Å². The van der Waals surface area contributed by atoms with Gasteiger partial charge in [0.25, 0.3) is 5.56 Å². The highest BCUT2D eigenvalue weighted by atomic mass is 32.1. The topological polar surface area (TPSA) is 81.4 Å². The molecule has 2 aromatic heterocycles. The molecule has 0 spiro atoms. The van der Waals surface area contributed by atoms with Crippen molar-refractivity contribution >= 4 is 17.3 Å². The maximum atomic E-state index is 12.9. The third-order valence-electron chi connectivity index (χ3n) is 5.81. The Morgan fingerprint density at radius 2 is 1.84 bits per heavy atom. The van der Waals surface area contributed by atoms with Gasteiger partial charge in [0, 0.05) is 18.2 Å². The summed E-state index contributed by atoms with van der Waals surface area (Å²) in [6, 6.07) is 15.7. The van der Waals surface area contributed by atoms with Crippen molar-refractivity contribution in [1.82, 2.24) is 9.78 Å². The molecule has 1 fully saturated rings. The molecule has 1 saturated carbocycles. The highest BCUT2D eigenvalue weighted by Crippen LogP contribution is 2.33. The van der Waals surface area contributed by atoms with Crippen LogP contribution in [0.4, 0.5) is 0 Å². The number of ether oxygens (including phenoxy) is 1. The van der Waals surface area contributed by atoms with E-state index in [1.165, 1.54) is 0 Å². The quantitative estimate of drug-likeness (QED) is 0.558. The third kappa shape index (κ3) is 5.48. The van der Waals surface area contributed by atoms with Gasteiger partial charge in [-0.2, -0.15) is 5.10 Å². The van der Waals surface area contributed by atoms with E-state index in [1.807, 2.05) is 47.8 Å². The lowest BCUT2D eigenvalue weighted by Gasteiger charge is -2.28. The van der Waals surface area contributed by atoms with E-state index in [2.05, 4.69) is 0 Å². The molecule has 6 nitrogen and oxygen atoms in total. The molecule has 0 unspecified atom stereocenters. The summed E-state index contributed by atoms with van der Waals surface area (Å²) in [4.78, 5) is 24.5. The standard InChI is InChI=1S/C24H26N2O4S/c27-22-13-20(19-5-2-1-3-6-19)24(21-7-4-12-31-21)25-26(22)14-17-8-10-18(11-9-17)15-30-16-23(28)29/h1-7,12-13,17-18H,8-11,14-16H2,(H,28,29)/t17-,18-. The lowest BCUT2D eigenvalue weighted by atomic mass is 9.82. The Hall–Kier alpha value is -2.77. The number of benzene rings is 1. The van der Waals surface area contributed by atoms with Crippen LogP contribution in [0.5, 0.6) is 0 Å². The SMILES string of the molecule is O=C(O)COC[C@H]1CC[C@H](Cn2nc(-c3cccs3)c(-c3ccccc3)cc2=O)CC1. The van der Waals surface area contributed by atoms with E-state index < -0.39 is 5.97 Å². The van der Waals surface area contributed by atoms with Crippen molar-refractivity contribution in [2.45, 2.75) is 32.2 Å². The predicted octanol–water partition coefficient (Wildman–Crippen LogP) is 4.55. The lowest BCUT2D eigenvalue weighted by Crippen LogP contribution is -2.29. The number of hydrogen-bond donors (Lipinski definition) is 1. The fourth-order valence-electron chi connectivity index (χ4n) is 4.19. The van der Waals surface area contributed by atoms with E-state index in [0.29, 0.717) is 25.0 Å². The maximum Gasteiger partial charge on any atom is 0.329 e. The lowest BCUT2D eigenvalue weighted by molar-refractivity contribution is -0.142. The van der Waals surface area contributed by atoms with Crippen molar-refractivity contribution in [2.24, 2.45) is 11.8 Å². The summed E-state index contributed by atoms with van der Waals surface area (Å²) in [6.07, 6.45) is 3.95. The first-order chi connectivity index (χ1) is 15.1. The zero-order chi connectivity index (χ0) is 21.6. The van der Waals surface area contributed by atoms with Gasteiger partial charge < -0.3 is 9.84 Å². The van der Waals surface area contributed by atoms with E-state index in [4.69, 9.17) is 14.9 Å². The van der Waals surface area contributed by atoms with Gasteiger partial charge in [-0.3, -0.25) is 4.79 Å². The van der Waals surface area contributed by atoms with Crippen LogP contribution in [0.15, 0.2) is 58.7 Å². The van der Waals surface area contributed by atoms with Gasteiger partial charge in [0.15, 0.2) is 0 Å². The minimum absolute atomic E-state index is 0.0777. The number of thiophene rings is 1. The van der Waals surface area contributed by atoms with E-state index in [9.17, 15) is 9.59 Å². The molecule has 3 aromatic rings. The molecular formula is C24H26N2O4S. The number of carboxylic acids is 1. The molecule has 0 saturated heterocycles. The second kappa shape index (κ2) is 10.0. The van der Waals surface area contributed by atoms with E-state index in [0.717, 1.165) is 47.4 Å². The molecule has 1 aliphatic carbocycles. The molecule has 0 aliphatic heterocycles. The zero-order valence-electron chi connectivity index (χ0n) is 17.3. The smallest absolute Gasteiger partial charge is 0.329 e. The number of carboxylic acid groups (broad SMARTS) is 1. The van der Waals surface area contributed by atoms with Crippen LogP contribution in [0.2, 0.25) is 0 Å². The first-order valence-electron chi connectivity index (χ1n) is 10.6. The molecule has 0 radical (unpaired) electrons. The van der Waals surface area contributed by atoms with Crippen LogP contribution < -0.4 is 5.56 Å². The molecule has 1 N–H and O–H groups in total. The molecule has 31 heavy (non-hydrogen) atoms. The second-order valence-corrected chi connectivity index (χ2v) is 9.01. The fourth-order valence-corrected chi connectivity index (χ4v) is 4.92. The third-order valence-corrected chi connectivity index (χ3v) is 6.69. The highest BCUT2D eigenvalue weighted by Gasteiger charge is 2.23. The van der Waals surface area contributed by atoms with E-state index in [1.54, 1.807) is 22.1 Å².